The Morgan fingerprint density at radius 3 is 2.22 bits per heavy atom. The first kappa shape index (κ1) is 16.8. The Morgan fingerprint density at radius 1 is 1.09 bits per heavy atom. The number of aryl methyl sites for hydroxylation is 1. The highest BCUT2D eigenvalue weighted by atomic mass is 19.4. The Balaban J connectivity index is 2.20. The standard InChI is InChI=1S/C16H17F3N4/c1-9(11-4-6-12(7-5-11)16(17,18)19)3-8-13-10(2)22-15(21)23-14(13)20/h3-9H,1-2H3,(H4,20,21,22,23)/b8-3-/t9-/m0/s1. The molecule has 0 amide bonds. The van der Waals surface area contributed by atoms with Crippen LogP contribution in [-0.2, 0) is 6.18 Å². The molecule has 4 N–H and O–H groups in total. The van der Waals surface area contributed by atoms with E-state index in [4.69, 9.17) is 11.5 Å². The van der Waals surface area contributed by atoms with Gasteiger partial charge in [-0.3, -0.25) is 0 Å². The van der Waals surface area contributed by atoms with E-state index in [1.807, 2.05) is 13.0 Å². The van der Waals surface area contributed by atoms with Gasteiger partial charge in [0, 0.05) is 5.56 Å². The Labute approximate surface area is 132 Å². The van der Waals surface area contributed by atoms with Crippen LogP contribution in [0.5, 0.6) is 0 Å². The highest BCUT2D eigenvalue weighted by molar-refractivity contribution is 5.64. The number of rotatable bonds is 3. The number of nitrogens with zero attached hydrogens (tertiary/aromatic N) is 2. The van der Waals surface area contributed by atoms with Crippen molar-refractivity contribution in [2.24, 2.45) is 0 Å². The molecule has 23 heavy (non-hydrogen) atoms. The molecule has 0 saturated heterocycles. The van der Waals surface area contributed by atoms with E-state index in [-0.39, 0.29) is 17.7 Å². The van der Waals surface area contributed by atoms with Gasteiger partial charge in [0.2, 0.25) is 5.95 Å². The summed E-state index contributed by atoms with van der Waals surface area (Å²) in [7, 11) is 0. The number of halogens is 3. The number of allylic oxidation sites excluding steroid dienone is 1. The van der Waals surface area contributed by atoms with Crippen LogP contribution in [0.4, 0.5) is 24.9 Å². The van der Waals surface area contributed by atoms with Gasteiger partial charge in [-0.05, 0) is 30.5 Å². The third kappa shape index (κ3) is 4.00. The van der Waals surface area contributed by atoms with E-state index in [0.717, 1.165) is 17.7 Å². The minimum absolute atomic E-state index is 0.0892. The monoisotopic (exact) mass is 322 g/mol. The van der Waals surface area contributed by atoms with Crippen molar-refractivity contribution >= 4 is 17.8 Å². The van der Waals surface area contributed by atoms with Gasteiger partial charge in [0.1, 0.15) is 5.82 Å². The molecule has 0 unspecified atom stereocenters. The van der Waals surface area contributed by atoms with Gasteiger partial charge in [-0.1, -0.05) is 31.2 Å². The molecule has 4 nitrogen and oxygen atoms in total. The summed E-state index contributed by atoms with van der Waals surface area (Å²) < 4.78 is 37.7. The predicted molar refractivity (Wildman–Crippen MR) is 84.5 cm³/mol. The molecule has 1 atom stereocenters. The lowest BCUT2D eigenvalue weighted by atomic mass is 9.98. The lowest BCUT2D eigenvalue weighted by Gasteiger charge is -2.11. The van der Waals surface area contributed by atoms with Crippen LogP contribution in [0.15, 0.2) is 30.3 Å². The first-order chi connectivity index (χ1) is 10.7. The Hall–Kier alpha value is -2.57. The number of nitrogens with two attached hydrogens (primary N) is 2. The van der Waals surface area contributed by atoms with E-state index in [9.17, 15) is 13.2 Å². The van der Waals surface area contributed by atoms with Gasteiger partial charge in [0.15, 0.2) is 0 Å². The van der Waals surface area contributed by atoms with Crippen LogP contribution < -0.4 is 11.5 Å². The zero-order valence-corrected chi connectivity index (χ0v) is 12.7. The van der Waals surface area contributed by atoms with Gasteiger partial charge in [-0.2, -0.15) is 18.2 Å². The van der Waals surface area contributed by atoms with Crippen molar-refractivity contribution < 1.29 is 13.2 Å². The van der Waals surface area contributed by atoms with Crippen LogP contribution in [-0.4, -0.2) is 9.97 Å². The first-order valence-electron chi connectivity index (χ1n) is 6.93. The van der Waals surface area contributed by atoms with Crippen LogP contribution in [0.1, 0.15) is 35.2 Å². The van der Waals surface area contributed by atoms with E-state index in [2.05, 4.69) is 9.97 Å². The topological polar surface area (TPSA) is 77.8 Å². The normalized spacial score (nSPS) is 13.4. The first-order valence-corrected chi connectivity index (χ1v) is 6.93. The quantitative estimate of drug-likeness (QED) is 0.901. The van der Waals surface area contributed by atoms with Crippen molar-refractivity contribution in [1.29, 1.82) is 0 Å². The number of nitrogen functional groups attached to an aromatic ring is 2. The van der Waals surface area contributed by atoms with Gasteiger partial charge in [-0.25, -0.2) is 4.98 Å². The average molecular weight is 322 g/mol. The minimum Gasteiger partial charge on any atom is -0.383 e. The molecule has 0 fully saturated rings. The highest BCUT2D eigenvalue weighted by Crippen LogP contribution is 2.30. The van der Waals surface area contributed by atoms with Gasteiger partial charge < -0.3 is 11.5 Å². The fourth-order valence-corrected chi connectivity index (χ4v) is 2.16. The number of hydrogen-bond donors (Lipinski definition) is 2. The van der Waals surface area contributed by atoms with Crippen molar-refractivity contribution in [3.63, 3.8) is 0 Å². The van der Waals surface area contributed by atoms with Crippen LogP contribution in [0, 0.1) is 6.92 Å². The number of hydrogen-bond acceptors (Lipinski definition) is 4. The number of aromatic nitrogens is 2. The number of benzene rings is 1. The maximum Gasteiger partial charge on any atom is 0.416 e. The highest BCUT2D eigenvalue weighted by Gasteiger charge is 2.30. The molecule has 0 aliphatic rings. The largest absolute Gasteiger partial charge is 0.416 e. The molecule has 0 saturated carbocycles. The van der Waals surface area contributed by atoms with Gasteiger partial charge in [0.05, 0.1) is 11.3 Å². The molecule has 2 aromatic rings. The maximum absolute atomic E-state index is 12.6. The van der Waals surface area contributed by atoms with Gasteiger partial charge >= 0.3 is 6.18 Å². The summed E-state index contributed by atoms with van der Waals surface area (Å²) in [6, 6.07) is 5.08. The zero-order chi connectivity index (χ0) is 17.2. The average Bonchev–Trinajstić information content (AvgIpc) is 2.45. The summed E-state index contributed by atoms with van der Waals surface area (Å²) in [5.41, 5.74) is 12.7. The van der Waals surface area contributed by atoms with Crippen molar-refractivity contribution in [1.82, 2.24) is 9.97 Å². The fourth-order valence-electron chi connectivity index (χ4n) is 2.16. The second-order valence-corrected chi connectivity index (χ2v) is 5.23. The Morgan fingerprint density at radius 2 is 1.70 bits per heavy atom. The minimum atomic E-state index is -4.33. The van der Waals surface area contributed by atoms with Crippen molar-refractivity contribution in [2.45, 2.75) is 25.9 Å². The summed E-state index contributed by atoms with van der Waals surface area (Å²) in [5, 5.41) is 0. The number of alkyl halides is 3. The molecule has 0 aliphatic carbocycles. The molecular formula is C16H17F3N4. The van der Waals surface area contributed by atoms with Crippen molar-refractivity contribution in [3.8, 4) is 0 Å². The summed E-state index contributed by atoms with van der Waals surface area (Å²) >= 11 is 0. The molecule has 1 aromatic heterocycles. The third-order valence-electron chi connectivity index (χ3n) is 3.50. The van der Waals surface area contributed by atoms with E-state index < -0.39 is 11.7 Å². The zero-order valence-electron chi connectivity index (χ0n) is 12.7. The second-order valence-electron chi connectivity index (χ2n) is 5.23. The Kier molecular flexibility index (Phi) is 4.58. The van der Waals surface area contributed by atoms with Crippen LogP contribution in [0.3, 0.4) is 0 Å². The summed E-state index contributed by atoms with van der Waals surface area (Å²) in [6.45, 7) is 3.64. The molecular weight excluding hydrogens is 305 g/mol. The number of anilines is 2. The van der Waals surface area contributed by atoms with Gasteiger partial charge in [-0.15, -0.1) is 0 Å². The molecule has 0 aliphatic heterocycles. The van der Waals surface area contributed by atoms with Crippen LogP contribution in [0.25, 0.3) is 6.08 Å². The molecule has 1 aromatic carbocycles. The Bertz CT molecular complexity index is 698. The molecule has 7 heteroatoms. The molecule has 0 radical (unpaired) electrons. The van der Waals surface area contributed by atoms with E-state index in [1.54, 1.807) is 13.0 Å². The fraction of sp³-hybridized carbons (Fsp3) is 0.250. The predicted octanol–water partition coefficient (Wildman–Crippen LogP) is 3.79. The second kappa shape index (κ2) is 6.28. The molecule has 0 bridgehead atoms. The molecule has 1 heterocycles. The molecule has 122 valence electrons. The van der Waals surface area contributed by atoms with E-state index in [0.29, 0.717) is 11.3 Å². The van der Waals surface area contributed by atoms with E-state index >= 15 is 0 Å². The SMILES string of the molecule is Cc1nc(N)nc(N)c1/C=C\[C@H](C)c1ccc(C(F)(F)F)cc1. The van der Waals surface area contributed by atoms with Gasteiger partial charge in [0.25, 0.3) is 0 Å². The summed E-state index contributed by atoms with van der Waals surface area (Å²) in [4.78, 5) is 7.93. The molecule has 2 rings (SSSR count). The lowest BCUT2D eigenvalue weighted by molar-refractivity contribution is -0.137. The van der Waals surface area contributed by atoms with E-state index in [1.165, 1.54) is 12.1 Å². The van der Waals surface area contributed by atoms with Crippen molar-refractivity contribution in [2.75, 3.05) is 11.5 Å². The smallest absolute Gasteiger partial charge is 0.383 e. The lowest BCUT2D eigenvalue weighted by Crippen LogP contribution is -2.05. The summed E-state index contributed by atoms with van der Waals surface area (Å²) in [6.07, 6.45) is -0.738. The van der Waals surface area contributed by atoms with Crippen molar-refractivity contribution in [3.05, 3.63) is 52.7 Å². The van der Waals surface area contributed by atoms with Crippen LogP contribution >= 0.6 is 0 Å². The maximum atomic E-state index is 12.6. The van der Waals surface area contributed by atoms with Crippen LogP contribution in [0.2, 0.25) is 0 Å². The molecule has 0 spiro atoms. The third-order valence-corrected chi connectivity index (χ3v) is 3.50. The summed E-state index contributed by atoms with van der Waals surface area (Å²) in [5.74, 6) is 0.285.